The molecule has 4 heavy (non-hydrogen) atoms. The minimum atomic E-state index is 0. The van der Waals surface area contributed by atoms with Gasteiger partial charge in [0.15, 0.2) is 0 Å². The first-order valence-corrected chi connectivity index (χ1v) is 0. The van der Waals surface area contributed by atoms with Crippen LogP contribution in [0.2, 0.25) is 0 Å². The molecule has 0 fully saturated rings. The Labute approximate surface area is 82.9 Å². The topological polar surface area (TPSA) is 0 Å². The van der Waals surface area contributed by atoms with Crippen LogP contribution in [0.25, 0.3) is 0 Å². The molecule has 0 aliphatic heterocycles. The van der Waals surface area contributed by atoms with Crippen molar-refractivity contribution in [3.63, 3.8) is 0 Å². The Kier molecular flexibility index (Phi) is 127. The maximum atomic E-state index is 0. The average Bonchev–Trinajstić information content (AvgIpc) is 0. The molecule has 0 saturated heterocycles. The molecule has 0 spiro atoms. The van der Waals surface area contributed by atoms with E-state index in [4.69, 9.17) is 0 Å². The van der Waals surface area contributed by atoms with Gasteiger partial charge in [0.05, 0.1) is 0 Å². The van der Waals surface area contributed by atoms with Crippen molar-refractivity contribution in [3.8, 4) is 0 Å². The molecule has 0 N–H and O–H groups in total. The molecule has 0 unspecified atom stereocenters. The molecule has 0 bridgehead atoms. The molecular weight excluding hydrogens is 492 g/mol. The first-order chi connectivity index (χ1) is 0. The summed E-state index contributed by atoms with van der Waals surface area (Å²) in [6.07, 6.45) is 0. The van der Waals surface area contributed by atoms with E-state index in [1.165, 1.54) is 0 Å². The molecule has 0 aromatic heterocycles. The first-order valence-electron chi connectivity index (χ1n) is 0. The fraction of sp³-hybridized carbons (Fsp3) is 0. The van der Waals surface area contributed by atoms with Gasteiger partial charge >= 0.3 is 0 Å². The number of hydrogen-bond donors (Lipinski definition) is 0. The first kappa shape index (κ1) is 29.6. The summed E-state index contributed by atoms with van der Waals surface area (Å²) < 4.78 is 0. The van der Waals surface area contributed by atoms with Gasteiger partial charge in [-0.2, -0.15) is 0 Å². The van der Waals surface area contributed by atoms with Crippen molar-refractivity contribution >= 4 is 17.1 Å². The van der Waals surface area contributed by atoms with Crippen LogP contribution >= 0.6 is 0 Å². The minimum Gasteiger partial charge on any atom is 0 e. The third kappa shape index (κ3) is 8.83. The van der Waals surface area contributed by atoms with Gasteiger partial charge in [0.1, 0.15) is 0 Å². The monoisotopic (exact) mass is 491 g/mol. The van der Waals surface area contributed by atoms with E-state index in [0.717, 1.165) is 0 Å². The molecular formula is Ag2AuSe. The Hall–Kier alpha value is 2.74. The van der Waals surface area contributed by atoms with Crippen molar-refractivity contribution in [1.29, 1.82) is 0 Å². The van der Waals surface area contributed by atoms with Gasteiger partial charge in [-0.05, 0) is 0 Å². The largest absolute Gasteiger partial charge is 0 e. The second-order valence-corrected chi connectivity index (χ2v) is 0. The van der Waals surface area contributed by atoms with Gasteiger partial charge in [0, 0.05) is 84.2 Å². The maximum Gasteiger partial charge on any atom is 0 e. The molecule has 0 atom stereocenters. The Balaban J connectivity index is 0. The van der Waals surface area contributed by atoms with E-state index in [2.05, 4.69) is 0 Å². The van der Waals surface area contributed by atoms with Crippen molar-refractivity contribution in [1.82, 2.24) is 0 Å². The maximum absolute atomic E-state index is 0. The Morgan fingerprint density at radius 3 is 0.750 bits per heavy atom. The van der Waals surface area contributed by atoms with E-state index in [1.807, 2.05) is 0 Å². The summed E-state index contributed by atoms with van der Waals surface area (Å²) >= 11 is 0. The SMILES string of the molecule is [Ag].[Ag].[Au].[Se]. The fourth-order valence-electron chi connectivity index (χ4n) is 0. The predicted molar refractivity (Wildman–Crippen MR) is 5.75 cm³/mol. The van der Waals surface area contributed by atoms with Crippen LogP contribution in [0.3, 0.4) is 0 Å². The van der Waals surface area contributed by atoms with Crippen LogP contribution in [0.4, 0.5) is 0 Å². The summed E-state index contributed by atoms with van der Waals surface area (Å²) in [6.45, 7) is 0. The Morgan fingerprint density at radius 1 is 0.750 bits per heavy atom. The minimum absolute atomic E-state index is 0. The van der Waals surface area contributed by atoms with Gasteiger partial charge in [-0.1, -0.05) is 0 Å². The molecule has 0 aliphatic carbocycles. The quantitative estimate of drug-likeness (QED) is 0.405. The third-order valence-corrected chi connectivity index (χ3v) is 0. The van der Waals surface area contributed by atoms with E-state index >= 15 is 0 Å². The van der Waals surface area contributed by atoms with Crippen molar-refractivity contribution in [2.24, 2.45) is 0 Å². The van der Waals surface area contributed by atoms with Crippen molar-refractivity contribution in [3.05, 3.63) is 0 Å². The third-order valence-electron chi connectivity index (χ3n) is 0. The molecule has 39 valence electrons. The summed E-state index contributed by atoms with van der Waals surface area (Å²) in [5.74, 6) is 0. The fourth-order valence-corrected chi connectivity index (χ4v) is 0. The van der Waals surface area contributed by atoms with E-state index in [9.17, 15) is 0 Å². The summed E-state index contributed by atoms with van der Waals surface area (Å²) in [7, 11) is 0. The van der Waals surface area contributed by atoms with Crippen LogP contribution in [-0.4, -0.2) is 17.1 Å². The van der Waals surface area contributed by atoms with Crippen LogP contribution in [0, 0.1) is 0 Å². The molecule has 0 aliphatic rings. The Bertz CT molecular complexity index is 6.00. The van der Waals surface area contributed by atoms with Gasteiger partial charge < -0.3 is 0 Å². The molecule has 4 heteroatoms. The van der Waals surface area contributed by atoms with Gasteiger partial charge in [-0.3, -0.25) is 0 Å². The smallest absolute Gasteiger partial charge is 0 e. The van der Waals surface area contributed by atoms with Crippen molar-refractivity contribution < 1.29 is 67.1 Å². The van der Waals surface area contributed by atoms with Crippen LogP contribution in [0.1, 0.15) is 0 Å². The zero-order chi connectivity index (χ0) is 0. The summed E-state index contributed by atoms with van der Waals surface area (Å²) in [6, 6.07) is 0. The van der Waals surface area contributed by atoms with Crippen LogP contribution in [-0.2, 0) is 67.1 Å². The molecule has 5 radical (unpaired) electrons. The molecule has 0 nitrogen and oxygen atoms in total. The van der Waals surface area contributed by atoms with Crippen molar-refractivity contribution in [2.75, 3.05) is 0 Å². The van der Waals surface area contributed by atoms with Crippen LogP contribution in [0.15, 0.2) is 0 Å². The summed E-state index contributed by atoms with van der Waals surface area (Å²) in [5, 5.41) is 0. The van der Waals surface area contributed by atoms with E-state index in [-0.39, 0.29) is 84.2 Å². The van der Waals surface area contributed by atoms with Crippen molar-refractivity contribution in [2.45, 2.75) is 0 Å². The second kappa shape index (κ2) is 17.2. The zero-order valence-corrected chi connectivity index (χ0v) is 8.16. The molecule has 0 rings (SSSR count). The number of hydrogen-bond acceptors (Lipinski definition) is 0. The van der Waals surface area contributed by atoms with Crippen LogP contribution < -0.4 is 0 Å². The van der Waals surface area contributed by atoms with Gasteiger partial charge in [-0.15, -0.1) is 0 Å². The van der Waals surface area contributed by atoms with Gasteiger partial charge in [0.25, 0.3) is 0 Å². The normalized spacial score (nSPS) is 0. The molecule has 0 saturated carbocycles. The Morgan fingerprint density at radius 2 is 0.750 bits per heavy atom. The standard InChI is InChI=1S/2Ag.Au.Se. The second-order valence-electron chi connectivity index (χ2n) is 0. The molecule has 0 aromatic rings. The molecule has 0 heterocycles. The zero-order valence-electron chi connectivity index (χ0n) is 1.31. The van der Waals surface area contributed by atoms with E-state index in [0.29, 0.717) is 0 Å². The molecule has 0 amide bonds. The predicted octanol–water partition coefficient (Wildman–Crippen LogP) is -0.388. The number of rotatable bonds is 0. The average molecular weight is 492 g/mol. The van der Waals surface area contributed by atoms with Gasteiger partial charge in [0.2, 0.25) is 0 Å². The molecule has 0 aromatic carbocycles. The van der Waals surface area contributed by atoms with E-state index < -0.39 is 0 Å². The summed E-state index contributed by atoms with van der Waals surface area (Å²) in [4.78, 5) is 0. The van der Waals surface area contributed by atoms with Crippen LogP contribution in [0.5, 0.6) is 0 Å². The summed E-state index contributed by atoms with van der Waals surface area (Å²) in [5.41, 5.74) is 0. The van der Waals surface area contributed by atoms with Gasteiger partial charge in [-0.25, -0.2) is 0 Å². The van der Waals surface area contributed by atoms with E-state index in [1.54, 1.807) is 0 Å².